The van der Waals surface area contributed by atoms with Crippen LogP contribution in [0.5, 0.6) is 0 Å². The van der Waals surface area contributed by atoms with Crippen LogP contribution in [0.15, 0.2) is 67.1 Å². The largest absolute Gasteiger partial charge is 0.388 e. The van der Waals surface area contributed by atoms with Gasteiger partial charge in [-0.1, -0.05) is 24.3 Å². The van der Waals surface area contributed by atoms with Gasteiger partial charge in [0.25, 0.3) is 0 Å². The third-order valence-electron chi connectivity index (χ3n) is 2.48. The number of para-hydroxylation sites is 1. The van der Waals surface area contributed by atoms with Crippen LogP contribution in [0.1, 0.15) is 0 Å². The van der Waals surface area contributed by atoms with E-state index in [0.29, 0.717) is 0 Å². The molecule has 0 aliphatic carbocycles. The summed E-state index contributed by atoms with van der Waals surface area (Å²) in [6, 6.07) is 15.9. The normalized spacial score (nSPS) is 9.39. The van der Waals surface area contributed by atoms with E-state index in [0.717, 1.165) is 11.2 Å². The van der Waals surface area contributed by atoms with Gasteiger partial charge in [-0.15, -0.1) is 0 Å². The van der Waals surface area contributed by atoms with Gasteiger partial charge < -0.3 is 5.32 Å². The molecular formula is C15H15N3. The fourth-order valence-corrected chi connectivity index (χ4v) is 1.53. The molecule has 18 heavy (non-hydrogen) atoms. The topological polar surface area (TPSA) is 37.8 Å². The minimum atomic E-state index is 1.06. The standard InChI is InChI=1S/C9H7N.C6H8N2/c1-2-6-9-8(4-1)5-3-7-10-9;1-7-6-2-4-8-5-3-6/h1-7H;2-5H,1H3,(H,7,8). The van der Waals surface area contributed by atoms with Gasteiger partial charge in [0.2, 0.25) is 0 Å². The van der Waals surface area contributed by atoms with E-state index in [1.165, 1.54) is 5.39 Å². The Morgan fingerprint density at radius 3 is 2.22 bits per heavy atom. The summed E-state index contributed by atoms with van der Waals surface area (Å²) >= 11 is 0. The van der Waals surface area contributed by atoms with Gasteiger partial charge in [0.15, 0.2) is 0 Å². The molecule has 0 bridgehead atoms. The maximum absolute atomic E-state index is 4.18. The molecule has 0 atom stereocenters. The highest BCUT2D eigenvalue weighted by molar-refractivity contribution is 5.77. The number of nitrogens with zero attached hydrogens (tertiary/aromatic N) is 2. The Morgan fingerprint density at radius 2 is 1.56 bits per heavy atom. The average Bonchev–Trinajstić information content (AvgIpc) is 2.49. The van der Waals surface area contributed by atoms with Crippen LogP contribution < -0.4 is 5.32 Å². The van der Waals surface area contributed by atoms with E-state index in [1.807, 2.05) is 49.6 Å². The first-order valence-corrected chi connectivity index (χ1v) is 5.77. The molecule has 0 radical (unpaired) electrons. The van der Waals surface area contributed by atoms with E-state index in [2.05, 4.69) is 27.4 Å². The van der Waals surface area contributed by atoms with Gasteiger partial charge in [0.1, 0.15) is 0 Å². The number of rotatable bonds is 1. The number of hydrogen-bond acceptors (Lipinski definition) is 3. The Bertz CT molecular complexity index is 528. The van der Waals surface area contributed by atoms with Crippen molar-refractivity contribution in [2.45, 2.75) is 0 Å². The van der Waals surface area contributed by atoms with Crippen molar-refractivity contribution in [1.82, 2.24) is 9.97 Å². The summed E-state index contributed by atoms with van der Waals surface area (Å²) in [5.74, 6) is 0. The van der Waals surface area contributed by atoms with E-state index >= 15 is 0 Å². The molecule has 0 amide bonds. The zero-order valence-electron chi connectivity index (χ0n) is 10.2. The van der Waals surface area contributed by atoms with Gasteiger partial charge in [0.05, 0.1) is 5.52 Å². The first-order chi connectivity index (χ1) is 8.90. The Balaban J connectivity index is 0.000000138. The summed E-state index contributed by atoms with van der Waals surface area (Å²) in [6.07, 6.45) is 5.32. The monoisotopic (exact) mass is 237 g/mol. The van der Waals surface area contributed by atoms with Gasteiger partial charge in [0, 0.05) is 36.7 Å². The maximum atomic E-state index is 4.18. The molecule has 0 saturated heterocycles. The van der Waals surface area contributed by atoms with Crippen LogP contribution in [0.3, 0.4) is 0 Å². The maximum Gasteiger partial charge on any atom is 0.0701 e. The second-order valence-corrected chi connectivity index (χ2v) is 3.68. The zero-order chi connectivity index (χ0) is 12.6. The number of benzene rings is 1. The molecule has 0 aliphatic heterocycles. The van der Waals surface area contributed by atoms with Gasteiger partial charge in [-0.3, -0.25) is 9.97 Å². The molecule has 0 spiro atoms. The van der Waals surface area contributed by atoms with Crippen molar-refractivity contribution >= 4 is 16.6 Å². The SMILES string of the molecule is CNc1ccncc1.c1ccc2ncccc2c1. The molecule has 1 aromatic carbocycles. The molecule has 0 saturated carbocycles. The van der Waals surface area contributed by atoms with Crippen LogP contribution in [-0.2, 0) is 0 Å². The van der Waals surface area contributed by atoms with Crippen molar-refractivity contribution in [3.63, 3.8) is 0 Å². The van der Waals surface area contributed by atoms with Crippen LogP contribution in [0.25, 0.3) is 10.9 Å². The Hall–Kier alpha value is -2.42. The van der Waals surface area contributed by atoms with Crippen LogP contribution in [0.4, 0.5) is 5.69 Å². The van der Waals surface area contributed by atoms with E-state index in [1.54, 1.807) is 12.4 Å². The molecule has 3 nitrogen and oxygen atoms in total. The number of aromatic nitrogens is 2. The fraction of sp³-hybridized carbons (Fsp3) is 0.0667. The molecule has 2 aromatic heterocycles. The summed E-state index contributed by atoms with van der Waals surface area (Å²) in [7, 11) is 1.88. The van der Waals surface area contributed by atoms with Crippen molar-refractivity contribution in [2.24, 2.45) is 0 Å². The second kappa shape index (κ2) is 6.35. The molecule has 90 valence electrons. The van der Waals surface area contributed by atoms with Gasteiger partial charge in [-0.2, -0.15) is 0 Å². The Morgan fingerprint density at radius 1 is 0.833 bits per heavy atom. The number of anilines is 1. The van der Waals surface area contributed by atoms with Gasteiger partial charge >= 0.3 is 0 Å². The summed E-state index contributed by atoms with van der Waals surface area (Å²) in [5.41, 5.74) is 2.16. The predicted molar refractivity (Wildman–Crippen MR) is 75.5 cm³/mol. The number of fused-ring (bicyclic) bond motifs is 1. The van der Waals surface area contributed by atoms with E-state index < -0.39 is 0 Å². The highest BCUT2D eigenvalue weighted by Gasteiger charge is 1.86. The van der Waals surface area contributed by atoms with Crippen LogP contribution in [0, 0.1) is 0 Å². The molecule has 0 aliphatic rings. The third-order valence-corrected chi connectivity index (χ3v) is 2.48. The summed E-state index contributed by atoms with van der Waals surface area (Å²) < 4.78 is 0. The Labute approximate surface area is 107 Å². The number of nitrogens with one attached hydrogen (secondary N) is 1. The molecule has 2 heterocycles. The predicted octanol–water partition coefficient (Wildman–Crippen LogP) is 3.36. The van der Waals surface area contributed by atoms with Crippen LogP contribution in [0.2, 0.25) is 0 Å². The molecule has 3 aromatic rings. The summed E-state index contributed by atoms with van der Waals surface area (Å²) in [5, 5.41) is 4.19. The van der Waals surface area contributed by atoms with Gasteiger partial charge in [-0.05, 0) is 24.3 Å². The molecule has 1 N–H and O–H groups in total. The quantitative estimate of drug-likeness (QED) is 0.705. The van der Waals surface area contributed by atoms with E-state index in [4.69, 9.17) is 0 Å². The van der Waals surface area contributed by atoms with Crippen molar-refractivity contribution in [3.8, 4) is 0 Å². The fourth-order valence-electron chi connectivity index (χ4n) is 1.53. The van der Waals surface area contributed by atoms with Crippen LogP contribution in [-0.4, -0.2) is 17.0 Å². The number of pyridine rings is 2. The van der Waals surface area contributed by atoms with Crippen molar-refractivity contribution in [1.29, 1.82) is 0 Å². The lowest BCUT2D eigenvalue weighted by atomic mass is 10.2. The van der Waals surface area contributed by atoms with E-state index in [-0.39, 0.29) is 0 Å². The van der Waals surface area contributed by atoms with Crippen molar-refractivity contribution < 1.29 is 0 Å². The average molecular weight is 237 g/mol. The Kier molecular flexibility index (Phi) is 4.25. The second-order valence-electron chi connectivity index (χ2n) is 3.68. The molecule has 0 unspecified atom stereocenters. The first-order valence-electron chi connectivity index (χ1n) is 5.77. The summed E-state index contributed by atoms with van der Waals surface area (Å²) in [4.78, 5) is 8.03. The summed E-state index contributed by atoms with van der Waals surface area (Å²) in [6.45, 7) is 0. The van der Waals surface area contributed by atoms with Crippen molar-refractivity contribution in [3.05, 3.63) is 67.1 Å². The van der Waals surface area contributed by atoms with E-state index in [9.17, 15) is 0 Å². The molecule has 3 rings (SSSR count). The van der Waals surface area contributed by atoms with Crippen LogP contribution >= 0.6 is 0 Å². The first kappa shape index (κ1) is 12.0. The number of hydrogen-bond donors (Lipinski definition) is 1. The van der Waals surface area contributed by atoms with Gasteiger partial charge in [-0.25, -0.2) is 0 Å². The minimum absolute atomic E-state index is 1.06. The molecule has 0 fully saturated rings. The lowest BCUT2D eigenvalue weighted by molar-refractivity contribution is 1.32. The molecule has 3 heteroatoms. The third kappa shape index (κ3) is 3.28. The lowest BCUT2D eigenvalue weighted by Crippen LogP contribution is -1.85. The lowest BCUT2D eigenvalue weighted by Gasteiger charge is -1.93. The highest BCUT2D eigenvalue weighted by atomic mass is 14.8. The molecular weight excluding hydrogens is 222 g/mol. The van der Waals surface area contributed by atoms with Crippen molar-refractivity contribution in [2.75, 3.05) is 12.4 Å². The smallest absolute Gasteiger partial charge is 0.0701 e. The zero-order valence-corrected chi connectivity index (χ0v) is 10.2. The highest BCUT2D eigenvalue weighted by Crippen LogP contribution is 2.07. The minimum Gasteiger partial charge on any atom is -0.388 e.